The van der Waals surface area contributed by atoms with E-state index in [0.29, 0.717) is 56.1 Å². The normalized spacial score (nSPS) is 20.5. The highest BCUT2D eigenvalue weighted by Gasteiger charge is 2.40. The van der Waals surface area contributed by atoms with Gasteiger partial charge in [-0.05, 0) is 26.7 Å². The lowest BCUT2D eigenvalue weighted by molar-refractivity contribution is -0.129. The Balaban J connectivity index is 1.52. The largest absolute Gasteiger partial charge is 0.344 e. The van der Waals surface area contributed by atoms with Gasteiger partial charge in [0.2, 0.25) is 17.7 Å². The minimum Gasteiger partial charge on any atom is -0.344 e. The summed E-state index contributed by atoms with van der Waals surface area (Å²) in [5, 5.41) is 4.17. The van der Waals surface area contributed by atoms with Crippen molar-refractivity contribution in [3.8, 4) is 0 Å². The number of aromatic nitrogens is 4. The number of hydrogen-bond donors (Lipinski definition) is 0. The maximum atomic E-state index is 13.3. The molecule has 35 heavy (non-hydrogen) atoms. The first-order valence-corrected chi connectivity index (χ1v) is 12.6. The third-order valence-electron chi connectivity index (χ3n) is 7.18. The molecule has 0 saturated carbocycles. The zero-order valence-electron chi connectivity index (χ0n) is 21.2. The lowest BCUT2D eigenvalue weighted by Gasteiger charge is -2.35. The molecule has 2 aromatic rings. The second kappa shape index (κ2) is 9.09. The molecular formula is C24H34N8O3. The van der Waals surface area contributed by atoms with Gasteiger partial charge in [0.1, 0.15) is 17.6 Å². The summed E-state index contributed by atoms with van der Waals surface area (Å²) in [6, 6.07) is -0.0226. The van der Waals surface area contributed by atoms with E-state index < -0.39 is 0 Å². The van der Waals surface area contributed by atoms with Crippen molar-refractivity contribution in [3.05, 3.63) is 23.0 Å². The van der Waals surface area contributed by atoms with Crippen LogP contribution in [0.25, 0.3) is 0 Å². The topological polar surface area (TPSA) is 112 Å². The van der Waals surface area contributed by atoms with Crippen molar-refractivity contribution in [3.63, 3.8) is 0 Å². The van der Waals surface area contributed by atoms with Crippen LogP contribution in [0.4, 0.5) is 11.8 Å². The van der Waals surface area contributed by atoms with E-state index in [0.717, 1.165) is 30.8 Å². The lowest BCUT2D eigenvalue weighted by atomic mass is 10.2. The molecule has 2 amide bonds. The molecule has 2 fully saturated rings. The van der Waals surface area contributed by atoms with Crippen molar-refractivity contribution in [2.75, 3.05) is 42.5 Å². The average Bonchev–Trinajstić information content (AvgIpc) is 3.57. The number of carbonyl (C=O) groups excluding carboxylic acids is 2. The van der Waals surface area contributed by atoms with Gasteiger partial charge in [0.05, 0.1) is 6.54 Å². The highest BCUT2D eigenvalue weighted by Crippen LogP contribution is 2.40. The molecule has 188 valence electrons. The molecular weight excluding hydrogens is 448 g/mol. The molecule has 3 aliphatic rings. The van der Waals surface area contributed by atoms with Gasteiger partial charge in [-0.15, -0.1) is 0 Å². The van der Waals surface area contributed by atoms with Crippen LogP contribution in [0, 0.1) is 0 Å². The van der Waals surface area contributed by atoms with Crippen molar-refractivity contribution in [2.45, 2.75) is 72.0 Å². The molecule has 11 nitrogen and oxygen atoms in total. The summed E-state index contributed by atoms with van der Waals surface area (Å²) in [5.74, 6) is 2.82. The van der Waals surface area contributed by atoms with Gasteiger partial charge < -0.3 is 24.1 Å². The molecule has 0 bridgehead atoms. The molecule has 5 rings (SSSR count). The maximum absolute atomic E-state index is 13.3. The summed E-state index contributed by atoms with van der Waals surface area (Å²) < 4.78 is 5.67. The highest BCUT2D eigenvalue weighted by atomic mass is 16.5. The summed E-state index contributed by atoms with van der Waals surface area (Å²) in [4.78, 5) is 47.5. The predicted octanol–water partition coefficient (Wildman–Crippen LogP) is 2.36. The van der Waals surface area contributed by atoms with E-state index in [9.17, 15) is 9.59 Å². The molecule has 0 radical (unpaired) electrons. The molecule has 2 aromatic heterocycles. The van der Waals surface area contributed by atoms with Gasteiger partial charge in [0, 0.05) is 57.2 Å². The Kier molecular flexibility index (Phi) is 6.10. The molecule has 1 atom stereocenters. The fraction of sp³-hybridized carbons (Fsp3) is 0.667. The number of hydrogen-bond acceptors (Lipinski definition) is 9. The first kappa shape index (κ1) is 23.5. The highest BCUT2D eigenvalue weighted by molar-refractivity contribution is 5.98. The maximum Gasteiger partial charge on any atom is 0.273 e. The number of amides is 2. The van der Waals surface area contributed by atoms with Gasteiger partial charge >= 0.3 is 0 Å². The Labute approximate surface area is 205 Å². The number of anilines is 2. The SMILES string of the molecule is CC(=O)N1CCN(c2nc3c(c(N4CCCC4c4nc(C(C)C)no4)n2)CN(C(C)C)C3=O)CC1. The molecule has 11 heteroatoms. The van der Waals surface area contributed by atoms with Gasteiger partial charge in [-0.2, -0.15) is 9.97 Å². The second-order valence-electron chi connectivity index (χ2n) is 10.2. The zero-order valence-corrected chi connectivity index (χ0v) is 21.2. The van der Waals surface area contributed by atoms with Crippen molar-refractivity contribution in [1.29, 1.82) is 0 Å². The second-order valence-corrected chi connectivity index (χ2v) is 10.2. The molecule has 3 aliphatic heterocycles. The zero-order chi connectivity index (χ0) is 24.9. The van der Waals surface area contributed by atoms with Gasteiger partial charge in [-0.25, -0.2) is 4.98 Å². The smallest absolute Gasteiger partial charge is 0.273 e. The Morgan fingerprint density at radius 3 is 2.40 bits per heavy atom. The lowest BCUT2D eigenvalue weighted by Crippen LogP contribution is -2.48. The Morgan fingerprint density at radius 2 is 1.77 bits per heavy atom. The quantitative estimate of drug-likeness (QED) is 0.634. The van der Waals surface area contributed by atoms with Gasteiger partial charge in [-0.3, -0.25) is 9.59 Å². The van der Waals surface area contributed by atoms with E-state index in [1.54, 1.807) is 6.92 Å². The van der Waals surface area contributed by atoms with Crippen LogP contribution in [-0.4, -0.2) is 80.5 Å². The van der Waals surface area contributed by atoms with Crippen LogP contribution in [0.2, 0.25) is 0 Å². The summed E-state index contributed by atoms with van der Waals surface area (Å²) >= 11 is 0. The number of rotatable bonds is 5. The Bertz CT molecular complexity index is 1120. The predicted molar refractivity (Wildman–Crippen MR) is 129 cm³/mol. The summed E-state index contributed by atoms with van der Waals surface area (Å²) in [5.41, 5.74) is 1.34. The number of piperazine rings is 1. The first-order chi connectivity index (χ1) is 16.7. The Hall–Kier alpha value is -3.24. The number of fused-ring (bicyclic) bond motifs is 1. The van der Waals surface area contributed by atoms with Crippen LogP contribution >= 0.6 is 0 Å². The Morgan fingerprint density at radius 1 is 1.03 bits per heavy atom. The van der Waals surface area contributed by atoms with Crippen LogP contribution < -0.4 is 9.80 Å². The molecule has 0 N–H and O–H groups in total. The fourth-order valence-electron chi connectivity index (χ4n) is 5.07. The fourth-order valence-corrected chi connectivity index (χ4v) is 5.07. The van der Waals surface area contributed by atoms with E-state index in [2.05, 4.69) is 19.9 Å². The third-order valence-corrected chi connectivity index (χ3v) is 7.18. The number of nitrogens with zero attached hydrogens (tertiary/aromatic N) is 8. The molecule has 0 aromatic carbocycles. The third kappa shape index (κ3) is 4.21. The van der Waals surface area contributed by atoms with Crippen LogP contribution in [0.15, 0.2) is 4.52 Å². The molecule has 1 unspecified atom stereocenters. The van der Waals surface area contributed by atoms with E-state index in [1.807, 2.05) is 37.5 Å². The average molecular weight is 483 g/mol. The summed E-state index contributed by atoms with van der Waals surface area (Å²) in [6.07, 6.45) is 1.85. The van der Waals surface area contributed by atoms with Gasteiger partial charge in [0.15, 0.2) is 5.82 Å². The van der Waals surface area contributed by atoms with E-state index in [1.165, 1.54) is 0 Å². The van der Waals surface area contributed by atoms with Crippen LogP contribution in [0.5, 0.6) is 0 Å². The molecule has 2 saturated heterocycles. The molecule has 0 aliphatic carbocycles. The van der Waals surface area contributed by atoms with E-state index >= 15 is 0 Å². The van der Waals surface area contributed by atoms with Crippen LogP contribution in [0.1, 0.15) is 87.2 Å². The minimum atomic E-state index is -0.0837. The minimum absolute atomic E-state index is 0.0575. The van der Waals surface area contributed by atoms with Crippen LogP contribution in [0.3, 0.4) is 0 Å². The number of carbonyl (C=O) groups is 2. The van der Waals surface area contributed by atoms with Crippen molar-refractivity contribution < 1.29 is 14.1 Å². The van der Waals surface area contributed by atoms with Gasteiger partial charge in [0.25, 0.3) is 5.91 Å². The van der Waals surface area contributed by atoms with Crippen molar-refractivity contribution in [2.24, 2.45) is 0 Å². The first-order valence-electron chi connectivity index (χ1n) is 12.6. The standard InChI is InChI=1S/C24H34N8O3/c1-14(2)20-26-22(35-28-20)18-7-6-8-31(18)21-17-13-32(15(3)4)23(34)19(17)25-24(27-21)30-11-9-29(10-12-30)16(5)33/h14-15,18H,6-13H2,1-5H3. The van der Waals surface area contributed by atoms with E-state index in [4.69, 9.17) is 14.5 Å². The monoisotopic (exact) mass is 482 g/mol. The van der Waals surface area contributed by atoms with E-state index in [-0.39, 0.29) is 29.8 Å². The summed E-state index contributed by atoms with van der Waals surface area (Å²) in [6.45, 7) is 13.5. The molecule has 5 heterocycles. The van der Waals surface area contributed by atoms with Crippen molar-refractivity contribution >= 4 is 23.6 Å². The van der Waals surface area contributed by atoms with Gasteiger partial charge in [-0.1, -0.05) is 19.0 Å². The van der Waals surface area contributed by atoms with Crippen molar-refractivity contribution in [1.82, 2.24) is 29.9 Å². The van der Waals surface area contributed by atoms with Crippen LogP contribution in [-0.2, 0) is 11.3 Å². The summed E-state index contributed by atoms with van der Waals surface area (Å²) in [7, 11) is 0. The molecule has 0 spiro atoms.